The van der Waals surface area contributed by atoms with E-state index in [-0.39, 0.29) is 36.3 Å². The minimum atomic E-state index is -0.678. The molecule has 2 saturated heterocycles. The molecule has 3 aromatic rings. The highest BCUT2D eigenvalue weighted by Gasteiger charge is 2.36. The van der Waals surface area contributed by atoms with E-state index in [9.17, 15) is 19.2 Å². The number of methoxy groups -OCH3 is 2. The number of aromatic amines is 2. The zero-order valence-corrected chi connectivity index (χ0v) is 28.3. The fraction of sp³-hybridized carbons (Fsp3) is 0.543. The van der Waals surface area contributed by atoms with Crippen LogP contribution in [0.4, 0.5) is 4.79 Å². The van der Waals surface area contributed by atoms with Crippen LogP contribution in [-0.2, 0) is 49.5 Å². The number of esters is 1. The second kappa shape index (κ2) is 15.9. The monoisotopic (exact) mass is 661 g/mol. The Morgan fingerprint density at radius 3 is 1.77 bits per heavy atom. The summed E-state index contributed by atoms with van der Waals surface area (Å²) in [6, 6.07) is 7.73. The first kappa shape index (κ1) is 34.6. The van der Waals surface area contributed by atoms with E-state index in [4.69, 9.17) is 4.74 Å². The van der Waals surface area contributed by atoms with E-state index in [2.05, 4.69) is 54.3 Å². The van der Waals surface area contributed by atoms with Gasteiger partial charge in [-0.3, -0.25) is 14.4 Å². The zero-order chi connectivity index (χ0) is 34.2. The van der Waals surface area contributed by atoms with Crippen LogP contribution in [0.3, 0.4) is 0 Å². The van der Waals surface area contributed by atoms with Crippen molar-refractivity contribution in [2.75, 3.05) is 27.3 Å². The molecule has 3 amide bonds. The number of H-pyrrole nitrogens is 2. The lowest BCUT2D eigenvalue weighted by molar-refractivity contribution is -0.146. The van der Waals surface area contributed by atoms with Crippen molar-refractivity contribution >= 4 is 23.9 Å². The number of amides is 3. The average Bonchev–Trinajstić information content (AvgIpc) is 3.92. The third-order valence-corrected chi connectivity index (χ3v) is 9.40. The van der Waals surface area contributed by atoms with Crippen molar-refractivity contribution in [2.45, 2.75) is 89.8 Å². The molecule has 48 heavy (non-hydrogen) atoms. The molecular formula is C35H47N7O6. The summed E-state index contributed by atoms with van der Waals surface area (Å²) in [5.74, 6) is 0.583. The van der Waals surface area contributed by atoms with E-state index < -0.39 is 18.1 Å². The van der Waals surface area contributed by atoms with Crippen LogP contribution in [0.1, 0.15) is 92.2 Å². The Kier molecular flexibility index (Phi) is 11.5. The first-order chi connectivity index (χ1) is 23.2. The second-order valence-electron chi connectivity index (χ2n) is 12.8. The minimum Gasteiger partial charge on any atom is -0.469 e. The maximum Gasteiger partial charge on any atom is 0.407 e. The van der Waals surface area contributed by atoms with E-state index in [1.165, 1.54) is 25.3 Å². The number of alkyl carbamates (subject to hydrolysis) is 1. The quantitative estimate of drug-likeness (QED) is 0.232. The summed E-state index contributed by atoms with van der Waals surface area (Å²) in [5, 5.41) is 2.56. The number of carbonyl (C=O) groups is 4. The molecule has 13 heteroatoms. The summed E-state index contributed by atoms with van der Waals surface area (Å²) in [4.78, 5) is 69.0. The number of imidazole rings is 2. The highest BCUT2D eigenvalue weighted by atomic mass is 16.5. The molecule has 0 spiro atoms. The third kappa shape index (κ3) is 8.42. The predicted octanol–water partition coefficient (Wildman–Crippen LogP) is 3.97. The third-order valence-electron chi connectivity index (χ3n) is 9.40. The van der Waals surface area contributed by atoms with E-state index in [0.29, 0.717) is 13.1 Å². The molecule has 0 saturated carbocycles. The lowest BCUT2D eigenvalue weighted by atomic mass is 10.0. The molecular weight excluding hydrogens is 614 g/mol. The standard InChI is InChI=1S/C35H47N7O6/c1-22(19-30(43)47-3)33(44)41-17-5-7-28(41)31-36-20-26(39-31)15-13-24-9-11-25(12-10-24)14-16-27-21-37-32(40-27)29-8-6-18-42(29)34(45)23(2)38-35(46)48-4/h9-12,20-23,28-29H,5-8,13-19H2,1-4H3,(H,36,39)(H,37,40)(H,38,46)/t22-,23+,28+,29+/m1/s1. The van der Waals surface area contributed by atoms with Crippen LogP contribution in [0.5, 0.6) is 0 Å². The second-order valence-corrected chi connectivity index (χ2v) is 12.8. The minimum absolute atomic E-state index is 0.0395. The fourth-order valence-corrected chi connectivity index (χ4v) is 6.66. The van der Waals surface area contributed by atoms with Gasteiger partial charge in [0.25, 0.3) is 0 Å². The molecule has 2 fully saturated rings. The Morgan fingerprint density at radius 1 is 0.792 bits per heavy atom. The van der Waals surface area contributed by atoms with Crippen LogP contribution in [0.2, 0.25) is 0 Å². The molecule has 0 unspecified atom stereocenters. The number of likely N-dealkylation sites (tertiary alicyclic amines) is 2. The number of aromatic nitrogens is 4. The van der Waals surface area contributed by atoms with Crippen LogP contribution in [0, 0.1) is 5.92 Å². The van der Waals surface area contributed by atoms with Crippen molar-refractivity contribution in [3.8, 4) is 0 Å². The van der Waals surface area contributed by atoms with Gasteiger partial charge < -0.3 is 34.6 Å². The van der Waals surface area contributed by atoms with E-state index in [1.807, 2.05) is 17.3 Å². The van der Waals surface area contributed by atoms with Gasteiger partial charge in [0.05, 0.1) is 32.7 Å². The SMILES string of the molecule is COC(=O)C[C@@H](C)C(=O)N1CCC[C@H]1c1ncc(CCc2ccc(CCc3cnc([C@@H]4CCCN4C(=O)[C@H](C)NC(=O)OC)[nH]3)cc2)[nH]1. The molecule has 4 atom stereocenters. The van der Waals surface area contributed by atoms with Crippen molar-refractivity contribution in [1.29, 1.82) is 0 Å². The molecule has 0 aliphatic carbocycles. The summed E-state index contributed by atoms with van der Waals surface area (Å²) in [6.45, 7) is 4.72. The Morgan fingerprint density at radius 2 is 1.29 bits per heavy atom. The molecule has 2 aliphatic rings. The summed E-state index contributed by atoms with van der Waals surface area (Å²) in [7, 11) is 2.61. The van der Waals surface area contributed by atoms with Gasteiger partial charge >= 0.3 is 12.1 Å². The summed E-state index contributed by atoms with van der Waals surface area (Å²) in [6.07, 6.45) is 9.94. The van der Waals surface area contributed by atoms with Crippen molar-refractivity contribution < 1.29 is 28.7 Å². The Labute approximate surface area is 281 Å². The molecule has 2 aromatic heterocycles. The Hall–Kier alpha value is -4.68. The largest absolute Gasteiger partial charge is 0.469 e. The van der Waals surface area contributed by atoms with Gasteiger partial charge in [0.15, 0.2) is 0 Å². The topological polar surface area (TPSA) is 163 Å². The highest BCUT2D eigenvalue weighted by molar-refractivity contribution is 5.86. The van der Waals surface area contributed by atoms with Crippen LogP contribution in [0.15, 0.2) is 36.7 Å². The van der Waals surface area contributed by atoms with Crippen molar-refractivity contribution in [3.05, 3.63) is 70.8 Å². The van der Waals surface area contributed by atoms with Gasteiger partial charge in [0, 0.05) is 42.8 Å². The Bertz CT molecular complexity index is 1450. The summed E-state index contributed by atoms with van der Waals surface area (Å²) >= 11 is 0. The summed E-state index contributed by atoms with van der Waals surface area (Å²) < 4.78 is 9.36. The van der Waals surface area contributed by atoms with E-state index >= 15 is 0 Å². The molecule has 2 aliphatic heterocycles. The maximum atomic E-state index is 13.0. The first-order valence-electron chi connectivity index (χ1n) is 16.8. The smallest absolute Gasteiger partial charge is 0.407 e. The molecule has 13 nitrogen and oxygen atoms in total. The number of hydrogen-bond donors (Lipinski definition) is 3. The van der Waals surface area contributed by atoms with E-state index in [1.54, 1.807) is 18.7 Å². The number of nitrogens with zero attached hydrogens (tertiary/aromatic N) is 4. The van der Waals surface area contributed by atoms with Gasteiger partial charge in [-0.2, -0.15) is 0 Å². The van der Waals surface area contributed by atoms with Crippen molar-refractivity contribution in [2.24, 2.45) is 5.92 Å². The molecule has 0 radical (unpaired) electrons. The maximum absolute atomic E-state index is 13.0. The average molecular weight is 662 g/mol. The van der Waals surface area contributed by atoms with Gasteiger partial charge in [0.2, 0.25) is 11.8 Å². The van der Waals surface area contributed by atoms with Gasteiger partial charge in [0.1, 0.15) is 17.7 Å². The predicted molar refractivity (Wildman–Crippen MR) is 177 cm³/mol. The van der Waals surface area contributed by atoms with Crippen molar-refractivity contribution in [3.63, 3.8) is 0 Å². The number of aryl methyl sites for hydroxylation is 4. The van der Waals surface area contributed by atoms with Gasteiger partial charge in [-0.1, -0.05) is 31.2 Å². The van der Waals surface area contributed by atoms with Crippen LogP contribution >= 0.6 is 0 Å². The molecule has 3 N–H and O–H groups in total. The molecule has 5 rings (SSSR count). The number of hydrogen-bond acceptors (Lipinski definition) is 8. The molecule has 4 heterocycles. The zero-order valence-electron chi connectivity index (χ0n) is 28.3. The van der Waals surface area contributed by atoms with Crippen LogP contribution in [0.25, 0.3) is 0 Å². The van der Waals surface area contributed by atoms with Gasteiger partial charge in [-0.15, -0.1) is 0 Å². The number of nitrogens with one attached hydrogen (secondary N) is 3. The van der Waals surface area contributed by atoms with Crippen LogP contribution in [-0.4, -0.2) is 87.0 Å². The van der Waals surface area contributed by atoms with Crippen molar-refractivity contribution in [1.82, 2.24) is 35.1 Å². The molecule has 1 aromatic carbocycles. The lowest BCUT2D eigenvalue weighted by Gasteiger charge is -2.26. The normalized spacial score (nSPS) is 18.8. The number of rotatable bonds is 13. The van der Waals surface area contributed by atoms with Crippen LogP contribution < -0.4 is 5.32 Å². The number of ether oxygens (including phenoxy) is 2. The fourth-order valence-electron chi connectivity index (χ4n) is 6.66. The molecule has 0 bridgehead atoms. The summed E-state index contributed by atoms with van der Waals surface area (Å²) in [5.41, 5.74) is 4.51. The Balaban J connectivity index is 1.09. The molecule has 258 valence electrons. The van der Waals surface area contributed by atoms with E-state index in [0.717, 1.165) is 74.4 Å². The van der Waals surface area contributed by atoms with Gasteiger partial charge in [-0.05, 0) is 69.4 Å². The number of benzene rings is 1. The first-order valence-corrected chi connectivity index (χ1v) is 16.8. The highest BCUT2D eigenvalue weighted by Crippen LogP contribution is 2.33. The lowest BCUT2D eigenvalue weighted by Crippen LogP contribution is -2.46. The van der Waals surface area contributed by atoms with Gasteiger partial charge in [-0.25, -0.2) is 14.8 Å². The number of carbonyl (C=O) groups excluding carboxylic acids is 4.